The van der Waals surface area contributed by atoms with Crippen molar-refractivity contribution in [3.8, 4) is 0 Å². The van der Waals surface area contributed by atoms with Crippen molar-refractivity contribution >= 4 is 15.7 Å². The van der Waals surface area contributed by atoms with Crippen molar-refractivity contribution in [3.05, 3.63) is 52.8 Å². The zero-order chi connectivity index (χ0) is 15.6. The summed E-state index contributed by atoms with van der Waals surface area (Å²) in [4.78, 5) is 4.23. The highest BCUT2D eigenvalue weighted by molar-refractivity contribution is 7.92. The van der Waals surface area contributed by atoms with Crippen LogP contribution in [-0.4, -0.2) is 13.4 Å². The number of nitrogens with one attached hydrogen (secondary N) is 1. The fourth-order valence-electron chi connectivity index (χ4n) is 2.20. The van der Waals surface area contributed by atoms with E-state index in [0.29, 0.717) is 17.8 Å². The Kier molecular flexibility index (Phi) is 4.29. The van der Waals surface area contributed by atoms with Crippen LogP contribution in [0.4, 0.5) is 5.69 Å². The summed E-state index contributed by atoms with van der Waals surface area (Å²) < 4.78 is 27.6. The van der Waals surface area contributed by atoms with E-state index in [9.17, 15) is 8.42 Å². The first kappa shape index (κ1) is 15.5. The number of pyridine rings is 1. The molecule has 0 amide bonds. The molecule has 1 aromatic carbocycles. The molecule has 0 saturated carbocycles. The summed E-state index contributed by atoms with van der Waals surface area (Å²) >= 11 is 0. The zero-order valence-corrected chi connectivity index (χ0v) is 13.2. The number of benzene rings is 1. The molecular weight excluding hydrogens is 286 g/mol. The van der Waals surface area contributed by atoms with Crippen LogP contribution in [0.3, 0.4) is 0 Å². The van der Waals surface area contributed by atoms with Crippen molar-refractivity contribution in [1.29, 1.82) is 0 Å². The van der Waals surface area contributed by atoms with Gasteiger partial charge in [0.05, 0.1) is 16.8 Å². The second kappa shape index (κ2) is 5.83. The maximum atomic E-state index is 12.5. The average Bonchev–Trinajstić information content (AvgIpc) is 2.37. The predicted octanol–water partition coefficient (Wildman–Crippen LogP) is 2.27. The molecule has 0 unspecified atom stereocenters. The van der Waals surface area contributed by atoms with Crippen LogP contribution in [0, 0.1) is 20.8 Å². The molecule has 0 spiro atoms. The van der Waals surface area contributed by atoms with Crippen LogP contribution in [0.15, 0.2) is 35.5 Å². The van der Waals surface area contributed by atoms with E-state index >= 15 is 0 Å². The average molecular weight is 305 g/mol. The number of aromatic nitrogens is 1. The molecular formula is C15H19N3O2S. The van der Waals surface area contributed by atoms with Crippen molar-refractivity contribution < 1.29 is 8.42 Å². The molecule has 3 N–H and O–H groups in total. The van der Waals surface area contributed by atoms with Gasteiger partial charge in [0, 0.05) is 12.7 Å². The summed E-state index contributed by atoms with van der Waals surface area (Å²) in [5.41, 5.74) is 9.50. The molecule has 0 bridgehead atoms. The predicted molar refractivity (Wildman–Crippen MR) is 83.6 cm³/mol. The lowest BCUT2D eigenvalue weighted by Gasteiger charge is -2.13. The highest BCUT2D eigenvalue weighted by atomic mass is 32.2. The Labute approximate surface area is 125 Å². The highest BCUT2D eigenvalue weighted by Gasteiger charge is 2.18. The maximum absolute atomic E-state index is 12.5. The van der Waals surface area contributed by atoms with E-state index in [1.807, 2.05) is 19.9 Å². The molecule has 0 aliphatic heterocycles. The number of hydrogen-bond acceptors (Lipinski definition) is 4. The summed E-state index contributed by atoms with van der Waals surface area (Å²) in [6, 6.07) is 5.21. The molecule has 1 aromatic heterocycles. The van der Waals surface area contributed by atoms with Gasteiger partial charge in [-0.1, -0.05) is 6.07 Å². The van der Waals surface area contributed by atoms with Gasteiger partial charge in [0.2, 0.25) is 0 Å². The number of rotatable bonds is 4. The van der Waals surface area contributed by atoms with E-state index in [0.717, 1.165) is 16.7 Å². The van der Waals surface area contributed by atoms with Gasteiger partial charge in [-0.25, -0.2) is 8.42 Å². The van der Waals surface area contributed by atoms with E-state index in [1.165, 1.54) is 6.20 Å². The first-order chi connectivity index (χ1) is 9.83. The molecule has 5 nitrogen and oxygen atoms in total. The molecule has 112 valence electrons. The Morgan fingerprint density at radius 3 is 2.43 bits per heavy atom. The molecule has 0 aliphatic rings. The summed E-state index contributed by atoms with van der Waals surface area (Å²) in [7, 11) is -3.66. The van der Waals surface area contributed by atoms with Crippen LogP contribution in [0.5, 0.6) is 0 Å². The Hall–Kier alpha value is -1.92. The van der Waals surface area contributed by atoms with Gasteiger partial charge in [-0.05, 0) is 55.2 Å². The minimum absolute atomic E-state index is 0.245. The fraction of sp³-hybridized carbons (Fsp3) is 0.267. The molecule has 0 saturated heterocycles. The Bertz CT molecular complexity index is 770. The minimum Gasteiger partial charge on any atom is -0.326 e. The Morgan fingerprint density at radius 2 is 1.81 bits per heavy atom. The monoisotopic (exact) mass is 305 g/mol. The second-order valence-electron chi connectivity index (χ2n) is 5.10. The quantitative estimate of drug-likeness (QED) is 0.907. The molecule has 6 heteroatoms. The number of nitrogens with zero attached hydrogens (tertiary/aromatic N) is 1. The third-order valence-electron chi connectivity index (χ3n) is 3.27. The summed E-state index contributed by atoms with van der Waals surface area (Å²) in [5, 5.41) is 0. The van der Waals surface area contributed by atoms with Crippen LogP contribution in [0.2, 0.25) is 0 Å². The van der Waals surface area contributed by atoms with Crippen LogP contribution in [-0.2, 0) is 16.6 Å². The number of aryl methyl sites for hydroxylation is 3. The van der Waals surface area contributed by atoms with Gasteiger partial charge in [0.25, 0.3) is 10.0 Å². The maximum Gasteiger partial charge on any atom is 0.262 e. The van der Waals surface area contributed by atoms with Gasteiger partial charge in [0.1, 0.15) is 0 Å². The van der Waals surface area contributed by atoms with Crippen molar-refractivity contribution in [2.75, 3.05) is 4.72 Å². The lowest BCUT2D eigenvalue weighted by Crippen LogP contribution is -2.15. The lowest BCUT2D eigenvalue weighted by molar-refractivity contribution is 0.600. The van der Waals surface area contributed by atoms with E-state index in [2.05, 4.69) is 9.71 Å². The largest absolute Gasteiger partial charge is 0.326 e. The van der Waals surface area contributed by atoms with E-state index in [4.69, 9.17) is 5.73 Å². The Balaban J connectivity index is 2.44. The van der Waals surface area contributed by atoms with Crippen molar-refractivity contribution in [2.45, 2.75) is 32.2 Å². The molecule has 0 fully saturated rings. The lowest BCUT2D eigenvalue weighted by atomic mass is 10.1. The zero-order valence-electron chi connectivity index (χ0n) is 12.3. The van der Waals surface area contributed by atoms with Crippen LogP contribution >= 0.6 is 0 Å². The molecule has 0 atom stereocenters. The molecule has 1 heterocycles. The smallest absolute Gasteiger partial charge is 0.262 e. The summed E-state index contributed by atoms with van der Waals surface area (Å²) in [6.45, 7) is 5.86. The molecule has 21 heavy (non-hydrogen) atoms. The first-order valence-corrected chi connectivity index (χ1v) is 8.06. The van der Waals surface area contributed by atoms with Gasteiger partial charge < -0.3 is 5.73 Å². The van der Waals surface area contributed by atoms with Gasteiger partial charge in [0.15, 0.2) is 0 Å². The van der Waals surface area contributed by atoms with Crippen molar-refractivity contribution in [3.63, 3.8) is 0 Å². The Morgan fingerprint density at radius 1 is 1.10 bits per heavy atom. The van der Waals surface area contributed by atoms with E-state index in [-0.39, 0.29) is 4.90 Å². The number of nitrogens with two attached hydrogens (primary N) is 1. The normalized spacial score (nSPS) is 11.4. The van der Waals surface area contributed by atoms with Crippen LogP contribution in [0.25, 0.3) is 0 Å². The third-order valence-corrected chi connectivity index (χ3v) is 4.79. The fourth-order valence-corrected chi connectivity index (χ4v) is 3.52. The van der Waals surface area contributed by atoms with Crippen molar-refractivity contribution in [1.82, 2.24) is 4.98 Å². The third kappa shape index (κ3) is 3.40. The second-order valence-corrected chi connectivity index (χ2v) is 6.76. The van der Waals surface area contributed by atoms with Gasteiger partial charge >= 0.3 is 0 Å². The highest BCUT2D eigenvalue weighted by Crippen LogP contribution is 2.23. The standard InChI is InChI=1S/C15H19N3O2S/c1-10-4-14(9-17-8-10)18-21(19,20)15-6-13(7-16)11(2)5-12(15)3/h4-6,8-9,18H,7,16H2,1-3H3. The molecule has 0 radical (unpaired) electrons. The molecule has 0 aliphatic carbocycles. The number of sulfonamides is 1. The summed E-state index contributed by atoms with van der Waals surface area (Å²) in [5.74, 6) is 0. The van der Waals surface area contributed by atoms with Crippen LogP contribution in [0.1, 0.15) is 22.3 Å². The molecule has 2 aromatic rings. The van der Waals surface area contributed by atoms with Gasteiger partial charge in [-0.15, -0.1) is 0 Å². The summed E-state index contributed by atoms with van der Waals surface area (Å²) in [6.07, 6.45) is 3.15. The van der Waals surface area contributed by atoms with Gasteiger partial charge in [-0.2, -0.15) is 0 Å². The van der Waals surface area contributed by atoms with E-state index < -0.39 is 10.0 Å². The SMILES string of the molecule is Cc1cncc(NS(=O)(=O)c2cc(CN)c(C)cc2C)c1. The topological polar surface area (TPSA) is 85.1 Å². The first-order valence-electron chi connectivity index (χ1n) is 6.58. The minimum atomic E-state index is -3.66. The molecule has 2 rings (SSSR count). The number of anilines is 1. The number of hydrogen-bond donors (Lipinski definition) is 2. The van der Waals surface area contributed by atoms with Crippen LogP contribution < -0.4 is 10.5 Å². The van der Waals surface area contributed by atoms with E-state index in [1.54, 1.807) is 25.3 Å². The van der Waals surface area contributed by atoms with Crippen molar-refractivity contribution in [2.24, 2.45) is 5.73 Å². The van der Waals surface area contributed by atoms with Gasteiger partial charge in [-0.3, -0.25) is 9.71 Å².